The predicted molar refractivity (Wildman–Crippen MR) is 138 cm³/mol. The first-order chi connectivity index (χ1) is 15.9. The highest BCUT2D eigenvalue weighted by Gasteiger charge is 2.51. The van der Waals surface area contributed by atoms with Gasteiger partial charge in [0.15, 0.2) is 0 Å². The van der Waals surface area contributed by atoms with Gasteiger partial charge >= 0.3 is 0 Å². The van der Waals surface area contributed by atoms with Crippen LogP contribution in [0.1, 0.15) is 70.4 Å². The summed E-state index contributed by atoms with van der Waals surface area (Å²) < 4.78 is 6.63. The Balaban J connectivity index is 1.32. The van der Waals surface area contributed by atoms with Gasteiger partial charge in [-0.3, -0.25) is 0 Å². The Bertz CT molecular complexity index is 1330. The maximum atomic E-state index is 6.63. The lowest BCUT2D eigenvalue weighted by atomic mass is 9.48. The number of benzene rings is 3. The minimum atomic E-state index is 0.0487. The van der Waals surface area contributed by atoms with Crippen LogP contribution >= 0.6 is 0 Å². The predicted octanol–water partition coefficient (Wildman–Crippen LogP) is 9.02. The summed E-state index contributed by atoms with van der Waals surface area (Å²) in [7, 11) is 0. The zero-order chi connectivity index (χ0) is 22.4. The molecule has 0 amide bonds. The minimum absolute atomic E-state index is 0.0487. The lowest BCUT2D eigenvalue weighted by molar-refractivity contribution is -0.00518. The van der Waals surface area contributed by atoms with Gasteiger partial charge in [-0.2, -0.15) is 0 Å². The smallest absolute Gasteiger partial charge is 0.143 e. The molecule has 8 rings (SSSR count). The topological polar surface area (TPSA) is 13.1 Å². The van der Waals surface area contributed by atoms with Crippen LogP contribution in [-0.4, -0.2) is 0 Å². The molecule has 0 radical (unpaired) electrons. The standard InChI is InChI=1S/C32H34O/c1-31(2,3)28-9-5-8-27-26-7-4-6-25(29(26)33-30(27)28)23-10-12-24(13-11-23)32-17-20-14-21(18-32)16-22(15-20)19-32/h4-13,20-22H,14-19H2,1-3H3. The van der Waals surface area contributed by atoms with Gasteiger partial charge < -0.3 is 4.42 Å². The molecule has 4 aliphatic carbocycles. The Labute approximate surface area is 197 Å². The Kier molecular flexibility index (Phi) is 4.07. The molecule has 4 saturated carbocycles. The zero-order valence-electron chi connectivity index (χ0n) is 20.2. The highest BCUT2D eigenvalue weighted by atomic mass is 16.3. The molecule has 0 spiro atoms. The van der Waals surface area contributed by atoms with Gasteiger partial charge in [-0.15, -0.1) is 0 Å². The molecule has 168 valence electrons. The average molecular weight is 435 g/mol. The maximum absolute atomic E-state index is 6.63. The average Bonchev–Trinajstić information content (AvgIpc) is 3.16. The fourth-order valence-electron chi connectivity index (χ4n) is 8.11. The highest BCUT2D eigenvalue weighted by molar-refractivity contribution is 6.10. The number of furan rings is 1. The van der Waals surface area contributed by atoms with Gasteiger partial charge in [-0.25, -0.2) is 0 Å². The van der Waals surface area contributed by atoms with Crippen molar-refractivity contribution in [3.8, 4) is 11.1 Å². The minimum Gasteiger partial charge on any atom is -0.455 e. The molecule has 4 aromatic rings. The van der Waals surface area contributed by atoms with E-state index >= 15 is 0 Å². The molecular weight excluding hydrogens is 400 g/mol. The highest BCUT2D eigenvalue weighted by Crippen LogP contribution is 2.60. The Hall–Kier alpha value is -2.54. The van der Waals surface area contributed by atoms with Crippen molar-refractivity contribution in [2.24, 2.45) is 17.8 Å². The van der Waals surface area contributed by atoms with Crippen molar-refractivity contribution in [3.63, 3.8) is 0 Å². The van der Waals surface area contributed by atoms with Crippen LogP contribution in [0, 0.1) is 17.8 Å². The molecule has 0 N–H and O–H groups in total. The molecule has 4 bridgehead atoms. The van der Waals surface area contributed by atoms with Gasteiger partial charge in [0.25, 0.3) is 0 Å². The summed E-state index contributed by atoms with van der Waals surface area (Å²) in [5.74, 6) is 2.95. The Morgan fingerprint density at radius 1 is 0.697 bits per heavy atom. The second-order valence-electron chi connectivity index (χ2n) is 12.5. The van der Waals surface area contributed by atoms with Crippen LogP contribution in [0.25, 0.3) is 33.1 Å². The van der Waals surface area contributed by atoms with Gasteiger partial charge in [0.05, 0.1) is 0 Å². The van der Waals surface area contributed by atoms with Crippen molar-refractivity contribution in [1.82, 2.24) is 0 Å². The van der Waals surface area contributed by atoms with Gasteiger partial charge in [0.2, 0.25) is 0 Å². The molecule has 1 heterocycles. The van der Waals surface area contributed by atoms with Crippen molar-refractivity contribution in [2.75, 3.05) is 0 Å². The molecule has 4 aliphatic rings. The summed E-state index contributed by atoms with van der Waals surface area (Å²) in [5.41, 5.74) is 7.92. The quantitative estimate of drug-likeness (QED) is 0.307. The zero-order valence-corrected chi connectivity index (χ0v) is 20.2. The van der Waals surface area contributed by atoms with Crippen molar-refractivity contribution in [3.05, 3.63) is 71.8 Å². The van der Waals surface area contributed by atoms with Crippen LogP contribution in [0.2, 0.25) is 0 Å². The number of fused-ring (bicyclic) bond motifs is 3. The lowest BCUT2D eigenvalue weighted by Crippen LogP contribution is -2.48. The summed E-state index contributed by atoms with van der Waals surface area (Å²) in [6.07, 6.45) is 8.78. The van der Waals surface area contributed by atoms with Crippen molar-refractivity contribution >= 4 is 21.9 Å². The van der Waals surface area contributed by atoms with Crippen LogP contribution in [-0.2, 0) is 10.8 Å². The van der Waals surface area contributed by atoms with Crippen molar-refractivity contribution in [2.45, 2.75) is 70.1 Å². The maximum Gasteiger partial charge on any atom is 0.143 e. The molecule has 3 aromatic carbocycles. The van der Waals surface area contributed by atoms with Gasteiger partial charge in [0.1, 0.15) is 11.2 Å². The molecule has 0 aliphatic heterocycles. The molecule has 4 fully saturated rings. The lowest BCUT2D eigenvalue weighted by Gasteiger charge is -2.57. The molecule has 0 atom stereocenters. The summed E-state index contributed by atoms with van der Waals surface area (Å²) in [6.45, 7) is 6.79. The third-order valence-electron chi connectivity index (χ3n) is 9.18. The SMILES string of the molecule is CC(C)(C)c1cccc2c1oc1c(-c3ccc(C45CC6CC(CC(C6)C4)C5)cc3)cccc12. The summed E-state index contributed by atoms with van der Waals surface area (Å²) >= 11 is 0. The van der Waals surface area contributed by atoms with E-state index in [1.54, 1.807) is 5.56 Å². The summed E-state index contributed by atoms with van der Waals surface area (Å²) in [4.78, 5) is 0. The van der Waals surface area contributed by atoms with Crippen molar-refractivity contribution in [1.29, 1.82) is 0 Å². The van der Waals surface area contributed by atoms with Gasteiger partial charge in [-0.1, -0.05) is 81.4 Å². The fraction of sp³-hybridized carbons (Fsp3) is 0.438. The van der Waals surface area contributed by atoms with Crippen LogP contribution in [0.15, 0.2) is 65.1 Å². The normalized spacial score (nSPS) is 28.8. The molecule has 1 nitrogen and oxygen atoms in total. The first-order valence-electron chi connectivity index (χ1n) is 13.0. The Morgan fingerprint density at radius 3 is 1.88 bits per heavy atom. The monoisotopic (exact) mass is 434 g/mol. The van der Waals surface area contributed by atoms with E-state index in [1.165, 1.54) is 66.0 Å². The number of hydrogen-bond donors (Lipinski definition) is 0. The van der Waals surface area contributed by atoms with Crippen LogP contribution in [0.3, 0.4) is 0 Å². The first kappa shape index (κ1) is 19.9. The van der Waals surface area contributed by atoms with E-state index in [-0.39, 0.29) is 5.41 Å². The van der Waals surface area contributed by atoms with E-state index in [1.807, 2.05) is 0 Å². The molecule has 0 saturated heterocycles. The number of para-hydroxylation sites is 2. The van der Waals surface area contributed by atoms with E-state index in [0.29, 0.717) is 5.41 Å². The van der Waals surface area contributed by atoms with E-state index in [0.717, 1.165) is 28.9 Å². The third kappa shape index (κ3) is 2.97. The summed E-state index contributed by atoms with van der Waals surface area (Å²) in [5, 5.41) is 2.45. The van der Waals surface area contributed by atoms with E-state index in [9.17, 15) is 0 Å². The Morgan fingerprint density at radius 2 is 1.27 bits per heavy atom. The molecule has 0 unspecified atom stereocenters. The molecule has 1 heteroatoms. The third-order valence-corrected chi connectivity index (χ3v) is 9.18. The number of rotatable bonds is 2. The van der Waals surface area contributed by atoms with Gasteiger partial charge in [-0.05, 0) is 78.2 Å². The second-order valence-corrected chi connectivity index (χ2v) is 12.5. The van der Waals surface area contributed by atoms with E-state index in [2.05, 4.69) is 81.4 Å². The molecule has 1 aromatic heterocycles. The second kappa shape index (κ2) is 6.75. The first-order valence-corrected chi connectivity index (χ1v) is 13.0. The van der Waals surface area contributed by atoms with Crippen LogP contribution in [0.4, 0.5) is 0 Å². The molecular formula is C32H34O. The van der Waals surface area contributed by atoms with Crippen molar-refractivity contribution < 1.29 is 4.42 Å². The van der Waals surface area contributed by atoms with Crippen LogP contribution in [0.5, 0.6) is 0 Å². The van der Waals surface area contributed by atoms with E-state index < -0.39 is 0 Å². The van der Waals surface area contributed by atoms with Crippen LogP contribution < -0.4 is 0 Å². The fourth-order valence-corrected chi connectivity index (χ4v) is 8.11. The molecule has 33 heavy (non-hydrogen) atoms. The largest absolute Gasteiger partial charge is 0.455 e. The van der Waals surface area contributed by atoms with E-state index in [4.69, 9.17) is 4.42 Å². The summed E-state index contributed by atoms with van der Waals surface area (Å²) in [6, 6.07) is 22.8. The number of hydrogen-bond acceptors (Lipinski definition) is 1. The van der Waals surface area contributed by atoms with Gasteiger partial charge in [0, 0.05) is 21.9 Å².